The molecule has 1 aliphatic heterocycles. The average Bonchev–Trinajstić information content (AvgIpc) is 2.85. The number of para-hydroxylation sites is 1. The quantitative estimate of drug-likeness (QED) is 0.867. The Morgan fingerprint density at radius 2 is 2.10 bits per heavy atom. The van der Waals surface area contributed by atoms with Gasteiger partial charge in [-0.1, -0.05) is 44.9 Å². The first-order chi connectivity index (χ1) is 9.58. The predicted molar refractivity (Wildman–Crippen MR) is 81.9 cm³/mol. The summed E-state index contributed by atoms with van der Waals surface area (Å²) in [7, 11) is 0. The Labute approximate surface area is 121 Å². The molecule has 1 heterocycles. The van der Waals surface area contributed by atoms with Crippen molar-refractivity contribution in [1.29, 1.82) is 0 Å². The van der Waals surface area contributed by atoms with Crippen LogP contribution in [0.25, 0.3) is 0 Å². The monoisotopic (exact) mass is 272 g/mol. The van der Waals surface area contributed by atoms with Crippen molar-refractivity contribution >= 4 is 11.6 Å². The minimum atomic E-state index is -0.0380. The second kappa shape index (κ2) is 5.12. The van der Waals surface area contributed by atoms with Gasteiger partial charge in [-0.25, -0.2) is 0 Å². The fraction of sp³-hybridized carbons (Fsp3) is 0.588. The molecular formula is C17H24N2O. The molecule has 3 rings (SSSR count). The highest BCUT2D eigenvalue weighted by Gasteiger charge is 2.36. The summed E-state index contributed by atoms with van der Waals surface area (Å²) >= 11 is 0. The van der Waals surface area contributed by atoms with E-state index in [2.05, 4.69) is 30.5 Å². The van der Waals surface area contributed by atoms with Gasteiger partial charge in [-0.2, -0.15) is 0 Å². The lowest BCUT2D eigenvalue weighted by molar-refractivity contribution is -0.124. The van der Waals surface area contributed by atoms with Crippen LogP contribution in [0.1, 0.15) is 51.0 Å². The van der Waals surface area contributed by atoms with Crippen LogP contribution in [0.2, 0.25) is 0 Å². The van der Waals surface area contributed by atoms with E-state index in [1.807, 2.05) is 18.2 Å². The van der Waals surface area contributed by atoms with Crippen molar-refractivity contribution in [1.82, 2.24) is 5.32 Å². The molecule has 2 aliphatic rings. The maximum Gasteiger partial charge on any atom is 0.229 e. The highest BCUT2D eigenvalue weighted by Crippen LogP contribution is 2.37. The van der Waals surface area contributed by atoms with Crippen LogP contribution in [0, 0.1) is 5.41 Å². The Kier molecular flexibility index (Phi) is 3.45. The van der Waals surface area contributed by atoms with Gasteiger partial charge in [0.25, 0.3) is 0 Å². The van der Waals surface area contributed by atoms with Crippen LogP contribution in [0.5, 0.6) is 0 Å². The third-order valence-corrected chi connectivity index (χ3v) is 4.97. The van der Waals surface area contributed by atoms with Gasteiger partial charge < -0.3 is 10.6 Å². The Bertz CT molecular complexity index is 509. The zero-order valence-electron chi connectivity index (χ0n) is 12.4. The molecule has 0 bridgehead atoms. The Balaban J connectivity index is 1.71. The molecule has 2 unspecified atom stereocenters. The second-order valence-corrected chi connectivity index (χ2v) is 6.82. The number of hydrogen-bond donors (Lipinski definition) is 2. The number of amides is 1. The maximum atomic E-state index is 12.6. The Hall–Kier alpha value is -1.51. The van der Waals surface area contributed by atoms with Crippen LogP contribution in [0.4, 0.5) is 5.69 Å². The highest BCUT2D eigenvalue weighted by molar-refractivity contribution is 5.88. The number of benzene rings is 1. The summed E-state index contributed by atoms with van der Waals surface area (Å²) in [5.74, 6) is 0.145. The zero-order chi connectivity index (χ0) is 14.2. The molecule has 0 radical (unpaired) electrons. The number of fused-ring (bicyclic) bond motifs is 1. The Morgan fingerprint density at radius 3 is 2.90 bits per heavy atom. The smallest absolute Gasteiger partial charge is 0.229 e. The molecule has 1 aromatic rings. The number of carbonyl (C=O) groups excluding carboxylic acids is 1. The van der Waals surface area contributed by atoms with Gasteiger partial charge in [0.05, 0.1) is 5.92 Å². The van der Waals surface area contributed by atoms with E-state index in [9.17, 15) is 4.79 Å². The van der Waals surface area contributed by atoms with E-state index in [1.54, 1.807) is 0 Å². The molecule has 1 saturated carbocycles. The third kappa shape index (κ3) is 2.41. The molecule has 3 heteroatoms. The molecule has 108 valence electrons. The SMILES string of the molecule is CC1(C)CCCCC1NC(=O)C1CNc2ccccc21. The summed E-state index contributed by atoms with van der Waals surface area (Å²) in [6.07, 6.45) is 4.83. The Morgan fingerprint density at radius 1 is 1.30 bits per heavy atom. The fourth-order valence-electron chi connectivity index (χ4n) is 3.55. The van der Waals surface area contributed by atoms with Gasteiger partial charge in [-0.3, -0.25) is 4.79 Å². The van der Waals surface area contributed by atoms with Crippen LogP contribution >= 0.6 is 0 Å². The maximum absolute atomic E-state index is 12.6. The standard InChI is InChI=1S/C17H24N2O/c1-17(2)10-6-5-9-15(17)19-16(20)13-11-18-14-8-4-3-7-12(13)14/h3-4,7-8,13,15,18H,5-6,9-11H2,1-2H3,(H,19,20). The summed E-state index contributed by atoms with van der Waals surface area (Å²) in [5, 5.41) is 6.64. The number of hydrogen-bond acceptors (Lipinski definition) is 2. The number of nitrogens with one attached hydrogen (secondary N) is 2. The molecule has 1 aromatic carbocycles. The molecule has 1 fully saturated rings. The van der Waals surface area contributed by atoms with Gasteiger partial charge >= 0.3 is 0 Å². The molecule has 0 spiro atoms. The largest absolute Gasteiger partial charge is 0.384 e. The third-order valence-electron chi connectivity index (χ3n) is 4.97. The van der Waals surface area contributed by atoms with E-state index in [4.69, 9.17) is 0 Å². The first-order valence-corrected chi connectivity index (χ1v) is 7.71. The van der Waals surface area contributed by atoms with Crippen molar-refractivity contribution in [3.05, 3.63) is 29.8 Å². The minimum absolute atomic E-state index is 0.0380. The normalized spacial score (nSPS) is 27.5. The number of carbonyl (C=O) groups is 1. The van der Waals surface area contributed by atoms with Crippen LogP contribution < -0.4 is 10.6 Å². The molecule has 1 aliphatic carbocycles. The number of anilines is 1. The second-order valence-electron chi connectivity index (χ2n) is 6.82. The van der Waals surface area contributed by atoms with E-state index in [0.717, 1.165) is 24.2 Å². The van der Waals surface area contributed by atoms with Crippen LogP contribution in [-0.2, 0) is 4.79 Å². The van der Waals surface area contributed by atoms with Crippen molar-refractivity contribution in [2.45, 2.75) is 51.5 Å². The molecule has 2 atom stereocenters. The van der Waals surface area contributed by atoms with Gasteiger partial charge in [-0.05, 0) is 29.9 Å². The minimum Gasteiger partial charge on any atom is -0.384 e. The van der Waals surface area contributed by atoms with Gasteiger partial charge in [0.1, 0.15) is 0 Å². The predicted octanol–water partition coefficient (Wildman–Crippen LogP) is 3.28. The first-order valence-electron chi connectivity index (χ1n) is 7.71. The van der Waals surface area contributed by atoms with E-state index >= 15 is 0 Å². The molecular weight excluding hydrogens is 248 g/mol. The van der Waals surface area contributed by atoms with E-state index < -0.39 is 0 Å². The van der Waals surface area contributed by atoms with Gasteiger partial charge in [0.15, 0.2) is 0 Å². The topological polar surface area (TPSA) is 41.1 Å². The van der Waals surface area contributed by atoms with E-state index in [-0.39, 0.29) is 17.2 Å². The summed E-state index contributed by atoms with van der Waals surface area (Å²) in [4.78, 5) is 12.6. The van der Waals surface area contributed by atoms with Gasteiger partial charge in [0, 0.05) is 18.3 Å². The van der Waals surface area contributed by atoms with Crippen LogP contribution in [0.3, 0.4) is 0 Å². The summed E-state index contributed by atoms with van der Waals surface area (Å²) in [6.45, 7) is 5.27. The van der Waals surface area contributed by atoms with Crippen molar-refractivity contribution in [2.24, 2.45) is 5.41 Å². The summed E-state index contributed by atoms with van der Waals surface area (Å²) in [5.41, 5.74) is 2.47. The fourth-order valence-corrected chi connectivity index (χ4v) is 3.55. The summed E-state index contributed by atoms with van der Waals surface area (Å²) in [6, 6.07) is 8.45. The van der Waals surface area contributed by atoms with E-state index in [0.29, 0.717) is 6.04 Å². The lowest BCUT2D eigenvalue weighted by Crippen LogP contribution is -2.48. The molecule has 20 heavy (non-hydrogen) atoms. The molecule has 2 N–H and O–H groups in total. The summed E-state index contributed by atoms with van der Waals surface area (Å²) < 4.78 is 0. The zero-order valence-corrected chi connectivity index (χ0v) is 12.4. The average molecular weight is 272 g/mol. The van der Waals surface area contributed by atoms with Crippen LogP contribution in [0.15, 0.2) is 24.3 Å². The molecule has 1 amide bonds. The van der Waals surface area contributed by atoms with Crippen molar-refractivity contribution in [2.75, 3.05) is 11.9 Å². The van der Waals surface area contributed by atoms with E-state index in [1.165, 1.54) is 19.3 Å². The van der Waals surface area contributed by atoms with Crippen molar-refractivity contribution in [3.8, 4) is 0 Å². The van der Waals surface area contributed by atoms with Gasteiger partial charge in [0.2, 0.25) is 5.91 Å². The van der Waals surface area contributed by atoms with Crippen LogP contribution in [-0.4, -0.2) is 18.5 Å². The lowest BCUT2D eigenvalue weighted by atomic mass is 9.73. The highest BCUT2D eigenvalue weighted by atomic mass is 16.2. The molecule has 3 nitrogen and oxygen atoms in total. The molecule has 0 saturated heterocycles. The van der Waals surface area contributed by atoms with Crippen molar-refractivity contribution < 1.29 is 4.79 Å². The number of rotatable bonds is 2. The first kappa shape index (κ1) is 13.5. The lowest BCUT2D eigenvalue weighted by Gasteiger charge is -2.39. The molecule has 0 aromatic heterocycles. The van der Waals surface area contributed by atoms with Crippen molar-refractivity contribution in [3.63, 3.8) is 0 Å². The van der Waals surface area contributed by atoms with Gasteiger partial charge in [-0.15, -0.1) is 0 Å².